The minimum Gasteiger partial charge on any atom is -0.368 e. The number of hydrogen-bond donors (Lipinski definition) is 0. The van der Waals surface area contributed by atoms with Gasteiger partial charge in [-0.1, -0.05) is 45.4 Å². The third kappa shape index (κ3) is 5.43. The van der Waals surface area contributed by atoms with Crippen LogP contribution in [0.2, 0.25) is 0 Å². The third-order valence-electron chi connectivity index (χ3n) is 7.83. The molecule has 3 saturated carbocycles. The number of methoxy groups -OCH3 is 1. The van der Waals surface area contributed by atoms with Crippen molar-refractivity contribution in [3.8, 4) is 0 Å². The summed E-state index contributed by atoms with van der Waals surface area (Å²) in [6, 6.07) is 0. The lowest BCUT2D eigenvalue weighted by atomic mass is 9.70. The largest absolute Gasteiger partial charge is 0.368 e. The zero-order chi connectivity index (χ0) is 20.9. The summed E-state index contributed by atoms with van der Waals surface area (Å²) in [5.41, 5.74) is -1.11. The van der Waals surface area contributed by atoms with E-state index in [-0.39, 0.29) is 24.2 Å². The van der Waals surface area contributed by atoms with Gasteiger partial charge in [0.05, 0.1) is 5.25 Å². The molecule has 3 fully saturated rings. The summed E-state index contributed by atoms with van der Waals surface area (Å²) in [6.45, 7) is 2.03. The minimum absolute atomic E-state index is 0.0209. The topological polar surface area (TPSA) is 69.7 Å². The van der Waals surface area contributed by atoms with Gasteiger partial charge in [-0.15, -0.1) is 0 Å². The summed E-state index contributed by atoms with van der Waals surface area (Å²) < 4.78 is 37.5. The van der Waals surface area contributed by atoms with Gasteiger partial charge in [0.1, 0.15) is 6.61 Å². The molecule has 0 aromatic heterocycles. The number of hydrogen-bond acceptors (Lipinski definition) is 5. The van der Waals surface area contributed by atoms with Crippen molar-refractivity contribution in [1.82, 2.24) is 0 Å². The second-order valence-corrected chi connectivity index (χ2v) is 11.7. The van der Waals surface area contributed by atoms with Gasteiger partial charge in [-0.25, -0.2) is 0 Å². The first-order chi connectivity index (χ1) is 13.9. The summed E-state index contributed by atoms with van der Waals surface area (Å²) in [7, 11) is -2.11. The lowest BCUT2D eigenvalue weighted by Crippen LogP contribution is -2.55. The Balaban J connectivity index is 1.77. The van der Waals surface area contributed by atoms with Crippen LogP contribution >= 0.6 is 0 Å². The number of ether oxygens (including phenoxy) is 1. The molecule has 0 bridgehead atoms. The van der Waals surface area contributed by atoms with E-state index in [0.29, 0.717) is 18.8 Å². The Morgan fingerprint density at radius 2 is 1.41 bits per heavy atom. The molecule has 6 heteroatoms. The van der Waals surface area contributed by atoms with Crippen LogP contribution in [0.4, 0.5) is 0 Å². The predicted molar refractivity (Wildman–Crippen MR) is 114 cm³/mol. The molecule has 0 heterocycles. The summed E-state index contributed by atoms with van der Waals surface area (Å²) in [5.74, 6) is 0.707. The summed E-state index contributed by atoms with van der Waals surface area (Å²) >= 11 is 0. The molecule has 0 aromatic carbocycles. The molecule has 29 heavy (non-hydrogen) atoms. The average molecular weight is 429 g/mol. The third-order valence-corrected chi connectivity index (χ3v) is 9.56. The SMILES string of the molecule is COC(COS(=O)(=O)C1CCC(C)CC1)(C(=O)C1CCCCC1)C1CCCCC1. The van der Waals surface area contributed by atoms with Gasteiger partial charge < -0.3 is 4.74 Å². The Hall–Kier alpha value is -0.460. The van der Waals surface area contributed by atoms with Crippen LogP contribution in [0.25, 0.3) is 0 Å². The number of carbonyl (C=O) groups is 1. The lowest BCUT2D eigenvalue weighted by molar-refractivity contribution is -0.161. The first-order valence-corrected chi connectivity index (χ1v) is 13.3. The van der Waals surface area contributed by atoms with Crippen LogP contribution < -0.4 is 0 Å². The van der Waals surface area contributed by atoms with E-state index in [2.05, 4.69) is 6.92 Å². The summed E-state index contributed by atoms with van der Waals surface area (Å²) in [4.78, 5) is 13.7. The lowest BCUT2D eigenvalue weighted by Gasteiger charge is -2.42. The molecular formula is C23H40O5S. The number of rotatable bonds is 8. The first-order valence-electron chi connectivity index (χ1n) is 11.9. The molecule has 1 unspecified atom stereocenters. The molecule has 3 aliphatic rings. The highest BCUT2D eigenvalue weighted by Crippen LogP contribution is 2.41. The van der Waals surface area contributed by atoms with Gasteiger partial charge in [-0.05, 0) is 63.2 Å². The Bertz CT molecular complexity index is 626. The maximum atomic E-state index is 13.7. The van der Waals surface area contributed by atoms with Crippen molar-refractivity contribution in [1.29, 1.82) is 0 Å². The standard InChI is InChI=1S/C23H40O5S/c1-18-13-15-21(16-14-18)29(25,26)28-17-23(27-2,20-11-7-4-8-12-20)22(24)19-9-5-3-6-10-19/h18-21H,3-17H2,1-2H3. The van der Waals surface area contributed by atoms with Crippen molar-refractivity contribution >= 4 is 15.9 Å². The molecule has 0 aliphatic heterocycles. The van der Waals surface area contributed by atoms with Gasteiger partial charge in [0, 0.05) is 13.0 Å². The highest BCUT2D eigenvalue weighted by Gasteiger charge is 2.50. The van der Waals surface area contributed by atoms with Gasteiger partial charge in [0.25, 0.3) is 10.1 Å². The van der Waals surface area contributed by atoms with Crippen molar-refractivity contribution in [3.05, 3.63) is 0 Å². The maximum Gasteiger partial charge on any atom is 0.270 e. The summed E-state index contributed by atoms with van der Waals surface area (Å²) in [6.07, 6.45) is 13.4. The second-order valence-electron chi connectivity index (χ2n) is 9.76. The molecule has 5 nitrogen and oxygen atoms in total. The highest BCUT2D eigenvalue weighted by atomic mass is 32.2. The number of ketones is 1. The Labute approximate surface area is 177 Å². The van der Waals surface area contributed by atoms with Crippen LogP contribution in [0.5, 0.6) is 0 Å². The highest BCUT2D eigenvalue weighted by molar-refractivity contribution is 7.87. The van der Waals surface area contributed by atoms with E-state index in [4.69, 9.17) is 8.92 Å². The van der Waals surface area contributed by atoms with Gasteiger partial charge in [0.2, 0.25) is 0 Å². The molecule has 1 atom stereocenters. The van der Waals surface area contributed by atoms with Gasteiger partial charge >= 0.3 is 0 Å². The molecule has 3 aliphatic carbocycles. The molecule has 0 amide bonds. The quantitative estimate of drug-likeness (QED) is 0.507. The smallest absolute Gasteiger partial charge is 0.270 e. The van der Waals surface area contributed by atoms with Crippen LogP contribution in [0.1, 0.15) is 96.8 Å². The van der Waals surface area contributed by atoms with Gasteiger partial charge in [0.15, 0.2) is 11.4 Å². The van der Waals surface area contributed by atoms with E-state index in [9.17, 15) is 13.2 Å². The van der Waals surface area contributed by atoms with Crippen LogP contribution in [0, 0.1) is 17.8 Å². The molecule has 3 rings (SSSR count). The van der Waals surface area contributed by atoms with Gasteiger partial charge in [-0.2, -0.15) is 8.42 Å². The zero-order valence-corrected chi connectivity index (χ0v) is 19.2. The van der Waals surface area contributed by atoms with Crippen molar-refractivity contribution in [2.45, 2.75) is 108 Å². The first kappa shape index (κ1) is 23.2. The Morgan fingerprint density at radius 1 is 0.862 bits per heavy atom. The monoisotopic (exact) mass is 428 g/mol. The average Bonchev–Trinajstić information content (AvgIpc) is 2.76. The van der Waals surface area contributed by atoms with E-state index in [1.54, 1.807) is 7.11 Å². The van der Waals surface area contributed by atoms with Gasteiger partial charge in [-0.3, -0.25) is 8.98 Å². The van der Waals surface area contributed by atoms with Crippen LogP contribution in [-0.2, 0) is 23.8 Å². The Kier molecular flexibility index (Phi) is 8.19. The molecule has 0 radical (unpaired) electrons. The molecule has 168 valence electrons. The van der Waals surface area contributed by atoms with Crippen molar-refractivity contribution in [2.24, 2.45) is 17.8 Å². The fourth-order valence-corrected chi connectivity index (χ4v) is 7.16. The van der Waals surface area contributed by atoms with Crippen LogP contribution in [-0.4, -0.2) is 38.8 Å². The molecular weight excluding hydrogens is 388 g/mol. The molecule has 0 spiro atoms. The minimum atomic E-state index is -3.69. The van der Waals surface area contributed by atoms with E-state index in [1.165, 1.54) is 12.8 Å². The van der Waals surface area contributed by atoms with Crippen LogP contribution in [0.15, 0.2) is 0 Å². The van der Waals surface area contributed by atoms with Crippen molar-refractivity contribution < 1.29 is 22.1 Å². The molecule has 0 aromatic rings. The predicted octanol–water partition coefficient (Wildman–Crippen LogP) is 5.03. The van der Waals surface area contributed by atoms with Crippen molar-refractivity contribution in [3.63, 3.8) is 0 Å². The second kappa shape index (κ2) is 10.2. The Morgan fingerprint density at radius 3 is 1.97 bits per heavy atom. The summed E-state index contributed by atoms with van der Waals surface area (Å²) in [5, 5.41) is -0.440. The van der Waals surface area contributed by atoms with E-state index < -0.39 is 21.0 Å². The normalized spacial score (nSPS) is 30.0. The maximum absolute atomic E-state index is 13.7. The molecule has 0 N–H and O–H groups in total. The molecule has 0 saturated heterocycles. The fraction of sp³-hybridized carbons (Fsp3) is 0.957. The number of carbonyl (C=O) groups excluding carboxylic acids is 1. The van der Waals surface area contributed by atoms with E-state index in [1.807, 2.05) is 0 Å². The van der Waals surface area contributed by atoms with E-state index in [0.717, 1.165) is 64.2 Å². The fourth-order valence-electron chi connectivity index (χ4n) is 5.78. The van der Waals surface area contributed by atoms with E-state index >= 15 is 0 Å². The van der Waals surface area contributed by atoms with Crippen LogP contribution in [0.3, 0.4) is 0 Å². The number of Topliss-reactive ketones (excluding diaryl/α,β-unsaturated/α-hetero) is 1. The van der Waals surface area contributed by atoms with Crippen molar-refractivity contribution in [2.75, 3.05) is 13.7 Å². The zero-order valence-electron chi connectivity index (χ0n) is 18.4.